The number of halogens is 1. The Labute approximate surface area is 161 Å². The molecule has 0 spiro atoms. The summed E-state index contributed by atoms with van der Waals surface area (Å²) in [6, 6.07) is 8.45. The van der Waals surface area contributed by atoms with E-state index < -0.39 is 20.7 Å². The van der Waals surface area contributed by atoms with Crippen molar-refractivity contribution in [2.24, 2.45) is 7.05 Å². The van der Waals surface area contributed by atoms with E-state index in [9.17, 15) is 17.6 Å². The summed E-state index contributed by atoms with van der Waals surface area (Å²) < 4.78 is 42.2. The Kier molecular flexibility index (Phi) is 5.81. The van der Waals surface area contributed by atoms with Gasteiger partial charge in [-0.15, -0.1) is 0 Å². The van der Waals surface area contributed by atoms with Crippen LogP contribution in [0.4, 0.5) is 4.39 Å². The number of aryl methyl sites for hydroxylation is 1. The summed E-state index contributed by atoms with van der Waals surface area (Å²) in [5.41, 5.74) is 1.59. The van der Waals surface area contributed by atoms with Crippen LogP contribution in [0.2, 0.25) is 0 Å². The monoisotopic (exact) mass is 403 g/mol. The summed E-state index contributed by atoms with van der Waals surface area (Å²) in [4.78, 5) is 19.7. The first-order valence-electron chi connectivity index (χ1n) is 8.29. The van der Waals surface area contributed by atoms with Crippen LogP contribution < -0.4 is 10.0 Å². The number of hydrogen-bond donors (Lipinski definition) is 2. The largest absolute Gasteiger partial charge is 0.345 e. The van der Waals surface area contributed by atoms with Crippen LogP contribution in [-0.2, 0) is 30.2 Å². The Balaban J connectivity index is 1.63. The molecular weight excluding hydrogens is 385 g/mol. The maximum atomic E-state index is 13.7. The highest BCUT2D eigenvalue weighted by molar-refractivity contribution is 7.89. The van der Waals surface area contributed by atoms with Crippen LogP contribution in [0.15, 0.2) is 60.0 Å². The number of benzene rings is 1. The van der Waals surface area contributed by atoms with E-state index in [1.165, 1.54) is 36.9 Å². The molecule has 8 nitrogen and oxygen atoms in total. The van der Waals surface area contributed by atoms with Gasteiger partial charge in [0.05, 0.1) is 24.8 Å². The third-order valence-electron chi connectivity index (χ3n) is 3.95. The van der Waals surface area contributed by atoms with E-state index in [0.29, 0.717) is 17.0 Å². The van der Waals surface area contributed by atoms with E-state index in [2.05, 4.69) is 20.0 Å². The summed E-state index contributed by atoms with van der Waals surface area (Å²) in [6.07, 6.45) is 4.49. The van der Waals surface area contributed by atoms with E-state index in [1.807, 2.05) is 0 Å². The molecule has 1 aromatic carbocycles. The Morgan fingerprint density at radius 2 is 2.00 bits per heavy atom. The molecule has 3 rings (SSSR count). The molecule has 0 aliphatic carbocycles. The number of imidazole rings is 1. The molecule has 0 saturated heterocycles. The lowest BCUT2D eigenvalue weighted by Crippen LogP contribution is -2.26. The molecule has 0 radical (unpaired) electrons. The molecule has 0 aliphatic rings. The first-order valence-corrected chi connectivity index (χ1v) is 9.77. The van der Waals surface area contributed by atoms with Crippen molar-refractivity contribution >= 4 is 15.9 Å². The predicted octanol–water partition coefficient (Wildman–Crippen LogP) is 1.36. The van der Waals surface area contributed by atoms with Gasteiger partial charge in [0, 0.05) is 19.8 Å². The van der Waals surface area contributed by atoms with Crippen molar-refractivity contribution < 1.29 is 17.6 Å². The number of sulfonamides is 1. The maximum Gasteiger partial charge on any atom is 0.269 e. The number of nitrogens with one attached hydrogen (secondary N) is 2. The van der Waals surface area contributed by atoms with Crippen LogP contribution in [0.1, 0.15) is 21.7 Å². The van der Waals surface area contributed by atoms with Crippen molar-refractivity contribution in [2.45, 2.75) is 18.0 Å². The number of rotatable bonds is 7. The summed E-state index contributed by atoms with van der Waals surface area (Å²) >= 11 is 0. The number of pyridine rings is 1. The van der Waals surface area contributed by atoms with Crippen molar-refractivity contribution in [2.75, 3.05) is 0 Å². The third kappa shape index (κ3) is 4.59. The van der Waals surface area contributed by atoms with Gasteiger partial charge in [0.25, 0.3) is 5.91 Å². The fraction of sp³-hybridized carbons (Fsp3) is 0.167. The Bertz CT molecular complexity index is 1100. The second-order valence-electron chi connectivity index (χ2n) is 5.98. The first-order chi connectivity index (χ1) is 13.4. The van der Waals surface area contributed by atoms with Gasteiger partial charge in [-0.2, -0.15) is 0 Å². The second-order valence-corrected chi connectivity index (χ2v) is 7.72. The van der Waals surface area contributed by atoms with Gasteiger partial charge in [0.1, 0.15) is 16.4 Å². The molecule has 1 amide bonds. The molecule has 0 bridgehead atoms. The Morgan fingerprint density at radius 1 is 1.21 bits per heavy atom. The minimum atomic E-state index is -3.99. The molecule has 0 aliphatic heterocycles. The zero-order valence-corrected chi connectivity index (χ0v) is 15.8. The number of hydrogen-bond acceptors (Lipinski definition) is 5. The van der Waals surface area contributed by atoms with Gasteiger partial charge in [-0.05, 0) is 29.8 Å². The van der Waals surface area contributed by atoms with E-state index in [4.69, 9.17) is 0 Å². The minimum absolute atomic E-state index is 0.0398. The molecule has 10 heteroatoms. The van der Waals surface area contributed by atoms with Gasteiger partial charge in [0.2, 0.25) is 10.0 Å². The molecule has 3 aromatic rings. The zero-order chi connectivity index (χ0) is 20.1. The number of nitrogens with zero attached hydrogens (tertiary/aromatic N) is 3. The Morgan fingerprint density at radius 3 is 2.71 bits per heavy atom. The quantitative estimate of drug-likeness (QED) is 0.620. The van der Waals surface area contributed by atoms with Gasteiger partial charge in [0.15, 0.2) is 0 Å². The van der Waals surface area contributed by atoms with Crippen molar-refractivity contribution in [3.63, 3.8) is 0 Å². The van der Waals surface area contributed by atoms with Gasteiger partial charge >= 0.3 is 0 Å². The fourth-order valence-electron chi connectivity index (χ4n) is 2.49. The smallest absolute Gasteiger partial charge is 0.269 e. The van der Waals surface area contributed by atoms with Crippen molar-refractivity contribution in [3.05, 3.63) is 77.9 Å². The normalized spacial score (nSPS) is 11.4. The lowest BCUT2D eigenvalue weighted by molar-refractivity contribution is 0.0942. The molecule has 2 heterocycles. The summed E-state index contributed by atoms with van der Waals surface area (Å²) in [6.45, 7) is 0.125. The third-order valence-corrected chi connectivity index (χ3v) is 5.39. The summed E-state index contributed by atoms with van der Waals surface area (Å²) in [7, 11) is -2.28. The van der Waals surface area contributed by atoms with E-state index in [0.717, 1.165) is 6.07 Å². The molecule has 28 heavy (non-hydrogen) atoms. The highest BCUT2D eigenvalue weighted by atomic mass is 32.2. The number of amides is 1. The van der Waals surface area contributed by atoms with Crippen molar-refractivity contribution in [1.29, 1.82) is 0 Å². The highest BCUT2D eigenvalue weighted by Crippen LogP contribution is 2.14. The molecule has 0 atom stereocenters. The summed E-state index contributed by atoms with van der Waals surface area (Å²) in [5.74, 6) is -1.12. The maximum absolute atomic E-state index is 13.7. The average molecular weight is 403 g/mol. The van der Waals surface area contributed by atoms with E-state index in [1.54, 1.807) is 23.7 Å². The van der Waals surface area contributed by atoms with Gasteiger partial charge in [-0.25, -0.2) is 22.5 Å². The van der Waals surface area contributed by atoms with Crippen LogP contribution in [0.3, 0.4) is 0 Å². The minimum Gasteiger partial charge on any atom is -0.345 e. The van der Waals surface area contributed by atoms with E-state index in [-0.39, 0.29) is 19.0 Å². The highest BCUT2D eigenvalue weighted by Gasteiger charge is 2.18. The molecule has 146 valence electrons. The van der Waals surface area contributed by atoms with Crippen LogP contribution in [0, 0.1) is 5.82 Å². The fourth-order valence-corrected chi connectivity index (χ4v) is 3.59. The number of carbonyl (C=O) groups is 1. The Hall–Kier alpha value is -3.11. The lowest BCUT2D eigenvalue weighted by atomic mass is 10.2. The predicted molar refractivity (Wildman–Crippen MR) is 99.0 cm³/mol. The van der Waals surface area contributed by atoms with Crippen LogP contribution in [-0.4, -0.2) is 28.9 Å². The van der Waals surface area contributed by atoms with E-state index >= 15 is 0 Å². The number of carbonyl (C=O) groups excluding carboxylic acids is 1. The first kappa shape index (κ1) is 19.6. The molecule has 0 fully saturated rings. The van der Waals surface area contributed by atoms with Crippen molar-refractivity contribution in [3.8, 4) is 0 Å². The molecular formula is C18H18FN5O3S. The topological polar surface area (TPSA) is 106 Å². The lowest BCUT2D eigenvalue weighted by Gasteiger charge is -2.09. The zero-order valence-electron chi connectivity index (χ0n) is 15.0. The van der Waals surface area contributed by atoms with Gasteiger partial charge in [-0.1, -0.05) is 12.1 Å². The van der Waals surface area contributed by atoms with Crippen LogP contribution in [0.5, 0.6) is 0 Å². The van der Waals surface area contributed by atoms with Crippen LogP contribution >= 0.6 is 0 Å². The van der Waals surface area contributed by atoms with Crippen molar-refractivity contribution in [1.82, 2.24) is 24.6 Å². The average Bonchev–Trinajstić information content (AvgIpc) is 3.11. The summed E-state index contributed by atoms with van der Waals surface area (Å²) in [5, 5.41) is 2.72. The van der Waals surface area contributed by atoms with Gasteiger partial charge in [-0.3, -0.25) is 9.78 Å². The molecule has 2 aromatic heterocycles. The second kappa shape index (κ2) is 8.28. The number of aromatic nitrogens is 3. The molecule has 2 N–H and O–H groups in total. The molecule has 0 saturated carbocycles. The molecule has 0 unspecified atom stereocenters. The van der Waals surface area contributed by atoms with Crippen LogP contribution in [0.25, 0.3) is 0 Å². The van der Waals surface area contributed by atoms with Gasteiger partial charge < -0.3 is 9.88 Å². The standard InChI is InChI=1S/C18H18FN5O3S/c1-24-12-20-11-16(24)18(25)22-10-14-8-13(6-7-21-14)9-23-28(26,27)17-5-3-2-4-15(17)19/h2-8,11-12,23H,9-10H2,1H3,(H,22,25). The SMILES string of the molecule is Cn1cncc1C(=O)NCc1cc(CNS(=O)(=O)c2ccccc2F)ccn1.